The van der Waals surface area contributed by atoms with Crippen molar-refractivity contribution >= 4 is 0 Å². The van der Waals surface area contributed by atoms with Gasteiger partial charge in [0.1, 0.15) is 0 Å². The van der Waals surface area contributed by atoms with Gasteiger partial charge >= 0.3 is 0 Å². The number of hydrogen-bond acceptors (Lipinski definition) is 5. The van der Waals surface area contributed by atoms with E-state index in [1.165, 1.54) is 5.56 Å². The second-order valence-electron chi connectivity index (χ2n) is 4.67. The molecule has 0 aliphatic rings. The van der Waals surface area contributed by atoms with Crippen molar-refractivity contribution in [1.82, 2.24) is 26.0 Å². The predicted octanol–water partition coefficient (Wildman–Crippen LogP) is 1.54. The highest BCUT2D eigenvalue weighted by atomic mass is 16.5. The third-order valence-corrected chi connectivity index (χ3v) is 2.98. The molecule has 0 aromatic carbocycles. The quantitative estimate of drug-likeness (QED) is 0.630. The Morgan fingerprint density at radius 3 is 3.00 bits per heavy atom. The van der Waals surface area contributed by atoms with Crippen LogP contribution in [0.2, 0.25) is 0 Å². The van der Waals surface area contributed by atoms with Crippen LogP contribution in [0.4, 0.5) is 0 Å². The van der Waals surface area contributed by atoms with Gasteiger partial charge in [-0.05, 0) is 33.4 Å². The molecule has 0 saturated heterocycles. The van der Waals surface area contributed by atoms with Gasteiger partial charge in [0.2, 0.25) is 0 Å². The van der Waals surface area contributed by atoms with Crippen LogP contribution >= 0.6 is 0 Å². The highest BCUT2D eigenvalue weighted by molar-refractivity contribution is 5.07. The molecule has 0 aliphatic heterocycles. The van der Waals surface area contributed by atoms with Crippen LogP contribution in [-0.2, 0) is 6.54 Å². The van der Waals surface area contributed by atoms with Gasteiger partial charge in [0, 0.05) is 23.9 Å². The molecule has 3 N–H and O–H groups in total. The van der Waals surface area contributed by atoms with E-state index in [2.05, 4.69) is 32.9 Å². The largest absolute Gasteiger partial charge is 0.360 e. The summed E-state index contributed by atoms with van der Waals surface area (Å²) >= 11 is 0. The lowest BCUT2D eigenvalue weighted by atomic mass is 10.2. The van der Waals surface area contributed by atoms with Crippen LogP contribution in [0.5, 0.6) is 0 Å². The Morgan fingerprint density at radius 1 is 1.42 bits per heavy atom. The Labute approximate surface area is 113 Å². The summed E-state index contributed by atoms with van der Waals surface area (Å²) in [5.41, 5.74) is 2.11. The molecule has 0 fully saturated rings. The van der Waals surface area contributed by atoms with Gasteiger partial charge in [0.15, 0.2) is 5.76 Å². The Morgan fingerprint density at radius 2 is 2.32 bits per heavy atom. The van der Waals surface area contributed by atoms with Gasteiger partial charge in [0.25, 0.3) is 0 Å². The highest BCUT2D eigenvalue weighted by Crippen LogP contribution is 2.08. The molecule has 2 aromatic rings. The molecule has 1 atom stereocenters. The second kappa shape index (κ2) is 7.06. The van der Waals surface area contributed by atoms with Gasteiger partial charge in [-0.3, -0.25) is 5.10 Å². The van der Waals surface area contributed by atoms with Crippen LogP contribution in [0, 0.1) is 6.92 Å². The molecule has 6 nitrogen and oxygen atoms in total. The van der Waals surface area contributed by atoms with Crippen LogP contribution < -0.4 is 10.6 Å². The van der Waals surface area contributed by atoms with E-state index >= 15 is 0 Å². The average Bonchev–Trinajstić information content (AvgIpc) is 3.04. The zero-order chi connectivity index (χ0) is 13.5. The molecular weight excluding hydrogens is 242 g/mol. The van der Waals surface area contributed by atoms with Crippen LogP contribution in [0.3, 0.4) is 0 Å². The number of aryl methyl sites for hydroxylation is 1. The highest BCUT2D eigenvalue weighted by Gasteiger charge is 2.04. The van der Waals surface area contributed by atoms with E-state index in [1.54, 1.807) is 0 Å². The maximum atomic E-state index is 5.12. The van der Waals surface area contributed by atoms with Crippen molar-refractivity contribution in [3.63, 3.8) is 0 Å². The maximum Gasteiger partial charge on any atom is 0.150 e. The Bertz CT molecular complexity index is 465. The first-order valence-electron chi connectivity index (χ1n) is 6.60. The van der Waals surface area contributed by atoms with E-state index in [0.717, 1.165) is 37.5 Å². The normalized spacial score (nSPS) is 12.7. The fourth-order valence-corrected chi connectivity index (χ4v) is 1.86. The summed E-state index contributed by atoms with van der Waals surface area (Å²) < 4.78 is 5.12. The summed E-state index contributed by atoms with van der Waals surface area (Å²) in [5, 5.41) is 17.4. The molecule has 104 valence electrons. The lowest BCUT2D eigenvalue weighted by Crippen LogP contribution is -2.23. The monoisotopic (exact) mass is 263 g/mol. The van der Waals surface area contributed by atoms with Gasteiger partial charge in [-0.15, -0.1) is 0 Å². The van der Waals surface area contributed by atoms with Crippen molar-refractivity contribution in [1.29, 1.82) is 0 Å². The minimum atomic E-state index is 0.329. The van der Waals surface area contributed by atoms with E-state index in [1.807, 2.05) is 25.4 Å². The molecule has 0 saturated carbocycles. The lowest BCUT2D eigenvalue weighted by molar-refractivity contribution is 0.369. The smallest absolute Gasteiger partial charge is 0.150 e. The molecule has 0 radical (unpaired) electrons. The number of rotatable bonds is 8. The van der Waals surface area contributed by atoms with Crippen molar-refractivity contribution in [2.24, 2.45) is 0 Å². The number of aromatic amines is 1. The lowest BCUT2D eigenvalue weighted by Gasteiger charge is -2.11. The minimum absolute atomic E-state index is 0.329. The summed E-state index contributed by atoms with van der Waals surface area (Å²) in [6, 6.07) is 2.28. The molecule has 0 spiro atoms. The predicted molar refractivity (Wildman–Crippen MR) is 72.6 cm³/mol. The first-order valence-corrected chi connectivity index (χ1v) is 6.60. The first kappa shape index (κ1) is 13.8. The number of H-pyrrole nitrogens is 1. The van der Waals surface area contributed by atoms with Crippen LogP contribution in [-0.4, -0.2) is 28.4 Å². The maximum absolute atomic E-state index is 5.12. The number of aromatic nitrogens is 3. The molecule has 19 heavy (non-hydrogen) atoms. The molecule has 2 aromatic heterocycles. The topological polar surface area (TPSA) is 78.8 Å². The SMILES string of the molecule is Cc1cc(CNCCCNC(C)c2cn[nH]c2)on1. The van der Waals surface area contributed by atoms with Gasteiger partial charge in [-0.1, -0.05) is 5.16 Å². The molecule has 2 rings (SSSR count). The van der Waals surface area contributed by atoms with Crippen molar-refractivity contribution in [3.05, 3.63) is 35.5 Å². The zero-order valence-electron chi connectivity index (χ0n) is 11.4. The molecule has 2 heterocycles. The Balaban J connectivity index is 1.53. The Hall–Kier alpha value is -1.66. The molecule has 1 unspecified atom stereocenters. The zero-order valence-corrected chi connectivity index (χ0v) is 11.4. The fourth-order valence-electron chi connectivity index (χ4n) is 1.86. The summed E-state index contributed by atoms with van der Waals surface area (Å²) in [4.78, 5) is 0. The molecule has 0 aliphatic carbocycles. The van der Waals surface area contributed by atoms with Crippen LogP contribution in [0.15, 0.2) is 23.0 Å². The van der Waals surface area contributed by atoms with Crippen molar-refractivity contribution < 1.29 is 4.52 Å². The van der Waals surface area contributed by atoms with Gasteiger partial charge in [0.05, 0.1) is 18.4 Å². The average molecular weight is 263 g/mol. The number of hydrogen-bond donors (Lipinski definition) is 3. The molecular formula is C13H21N5O. The summed E-state index contributed by atoms with van der Waals surface area (Å²) in [5.74, 6) is 0.886. The van der Waals surface area contributed by atoms with E-state index in [0.29, 0.717) is 6.04 Å². The van der Waals surface area contributed by atoms with Crippen molar-refractivity contribution in [2.45, 2.75) is 32.9 Å². The molecule has 0 amide bonds. The van der Waals surface area contributed by atoms with Crippen LogP contribution in [0.1, 0.15) is 36.4 Å². The molecule has 0 bridgehead atoms. The first-order chi connectivity index (χ1) is 9.25. The van der Waals surface area contributed by atoms with Crippen molar-refractivity contribution in [3.8, 4) is 0 Å². The molecule has 6 heteroatoms. The third-order valence-electron chi connectivity index (χ3n) is 2.98. The summed E-state index contributed by atoms with van der Waals surface area (Å²) in [7, 11) is 0. The summed E-state index contributed by atoms with van der Waals surface area (Å²) in [6.07, 6.45) is 4.83. The van der Waals surface area contributed by atoms with E-state index in [-0.39, 0.29) is 0 Å². The summed E-state index contributed by atoms with van der Waals surface area (Å²) in [6.45, 7) is 6.71. The fraction of sp³-hybridized carbons (Fsp3) is 0.538. The number of nitrogens with one attached hydrogen (secondary N) is 3. The van der Waals surface area contributed by atoms with E-state index in [4.69, 9.17) is 4.52 Å². The van der Waals surface area contributed by atoms with E-state index in [9.17, 15) is 0 Å². The van der Waals surface area contributed by atoms with Crippen LogP contribution in [0.25, 0.3) is 0 Å². The van der Waals surface area contributed by atoms with E-state index < -0.39 is 0 Å². The minimum Gasteiger partial charge on any atom is -0.360 e. The standard InChI is InChI=1S/C13H21N5O/c1-10-6-13(19-18-10)9-14-4-3-5-15-11(2)12-7-16-17-8-12/h6-8,11,14-15H,3-5,9H2,1-2H3,(H,16,17). The van der Waals surface area contributed by atoms with Crippen molar-refractivity contribution in [2.75, 3.05) is 13.1 Å². The van der Waals surface area contributed by atoms with Gasteiger partial charge in [-0.25, -0.2) is 0 Å². The van der Waals surface area contributed by atoms with Gasteiger partial charge < -0.3 is 15.2 Å². The van der Waals surface area contributed by atoms with Gasteiger partial charge in [-0.2, -0.15) is 5.10 Å². The number of nitrogens with zero attached hydrogens (tertiary/aromatic N) is 2. The third kappa shape index (κ3) is 4.50. The second-order valence-corrected chi connectivity index (χ2v) is 4.67. The Kier molecular flexibility index (Phi) is 5.11.